The predicted octanol–water partition coefficient (Wildman–Crippen LogP) is 3.78. The van der Waals surface area contributed by atoms with Gasteiger partial charge in [0.2, 0.25) is 10.0 Å². The fraction of sp³-hybridized carbons (Fsp3) is 0.440. The molecule has 1 fully saturated rings. The zero-order valence-electron chi connectivity index (χ0n) is 18.9. The SMILES string of the molecule is CC(OC(=O)c1cccc(S(=O)(=O)N2CCCCCC2)c1)C(=O)N1CCCc2ccccc21. The number of amides is 1. The largest absolute Gasteiger partial charge is 0.449 e. The smallest absolute Gasteiger partial charge is 0.338 e. The molecule has 1 atom stereocenters. The Morgan fingerprint density at radius 2 is 1.64 bits per heavy atom. The lowest BCUT2D eigenvalue weighted by atomic mass is 10.0. The maximum Gasteiger partial charge on any atom is 0.338 e. The third kappa shape index (κ3) is 5.12. The number of carbonyl (C=O) groups excluding carboxylic acids is 2. The van der Waals surface area contributed by atoms with Crippen LogP contribution < -0.4 is 4.90 Å². The number of esters is 1. The Bertz CT molecular complexity index is 1120. The van der Waals surface area contributed by atoms with E-state index in [4.69, 9.17) is 4.74 Å². The van der Waals surface area contributed by atoms with Crippen LogP contribution in [0.1, 0.15) is 54.9 Å². The van der Waals surface area contributed by atoms with Gasteiger partial charge in [-0.2, -0.15) is 4.31 Å². The van der Waals surface area contributed by atoms with Crippen LogP contribution in [0.5, 0.6) is 0 Å². The first-order valence-corrected chi connectivity index (χ1v) is 13.0. The average Bonchev–Trinajstić information content (AvgIpc) is 3.13. The number of fused-ring (bicyclic) bond motifs is 1. The first kappa shape index (κ1) is 23.4. The van der Waals surface area contributed by atoms with E-state index in [0.29, 0.717) is 19.6 Å². The van der Waals surface area contributed by atoms with Crippen molar-refractivity contribution in [3.63, 3.8) is 0 Å². The van der Waals surface area contributed by atoms with Gasteiger partial charge < -0.3 is 9.64 Å². The summed E-state index contributed by atoms with van der Waals surface area (Å²) in [5.41, 5.74) is 2.06. The number of rotatable bonds is 5. The van der Waals surface area contributed by atoms with E-state index < -0.39 is 22.1 Å². The fourth-order valence-corrected chi connectivity index (χ4v) is 6.04. The predicted molar refractivity (Wildman–Crippen MR) is 126 cm³/mol. The summed E-state index contributed by atoms with van der Waals surface area (Å²) in [6.45, 7) is 3.09. The van der Waals surface area contributed by atoms with Crippen LogP contribution >= 0.6 is 0 Å². The molecule has 0 aromatic heterocycles. The second-order valence-electron chi connectivity index (χ2n) is 8.62. The van der Waals surface area contributed by atoms with Gasteiger partial charge in [-0.3, -0.25) is 4.79 Å². The summed E-state index contributed by atoms with van der Waals surface area (Å²) in [5, 5.41) is 0. The van der Waals surface area contributed by atoms with Gasteiger partial charge >= 0.3 is 5.97 Å². The van der Waals surface area contributed by atoms with Gasteiger partial charge in [-0.15, -0.1) is 0 Å². The summed E-state index contributed by atoms with van der Waals surface area (Å²) in [7, 11) is -3.69. The zero-order chi connectivity index (χ0) is 23.4. The number of ether oxygens (including phenoxy) is 1. The monoisotopic (exact) mass is 470 g/mol. The molecule has 2 aromatic carbocycles. The van der Waals surface area contributed by atoms with Crippen molar-refractivity contribution in [3.8, 4) is 0 Å². The number of hydrogen-bond donors (Lipinski definition) is 0. The number of nitrogens with zero attached hydrogens (tertiary/aromatic N) is 2. The van der Waals surface area contributed by atoms with E-state index in [1.807, 2.05) is 24.3 Å². The van der Waals surface area contributed by atoms with E-state index in [0.717, 1.165) is 49.8 Å². The van der Waals surface area contributed by atoms with Gasteiger partial charge in [-0.05, 0) is 62.4 Å². The Hall–Kier alpha value is -2.71. The molecule has 2 aliphatic rings. The lowest BCUT2D eigenvalue weighted by Gasteiger charge is -2.31. The van der Waals surface area contributed by atoms with E-state index in [2.05, 4.69) is 0 Å². The fourth-order valence-electron chi connectivity index (χ4n) is 4.48. The minimum Gasteiger partial charge on any atom is -0.449 e. The summed E-state index contributed by atoms with van der Waals surface area (Å²) in [6, 6.07) is 13.6. The molecular weight excluding hydrogens is 440 g/mol. The molecule has 176 valence electrons. The molecule has 0 spiro atoms. The summed E-state index contributed by atoms with van der Waals surface area (Å²) in [5.74, 6) is -1.00. The molecule has 2 heterocycles. The van der Waals surface area contributed by atoms with Gasteiger partial charge in [-0.25, -0.2) is 13.2 Å². The van der Waals surface area contributed by atoms with Gasteiger partial charge in [-0.1, -0.05) is 37.1 Å². The number of sulfonamides is 1. The Kier molecular flexibility index (Phi) is 7.14. The van der Waals surface area contributed by atoms with Crippen molar-refractivity contribution < 1.29 is 22.7 Å². The normalized spacial score (nSPS) is 18.2. The van der Waals surface area contributed by atoms with Crippen molar-refractivity contribution in [1.82, 2.24) is 4.31 Å². The zero-order valence-corrected chi connectivity index (χ0v) is 19.7. The Morgan fingerprint density at radius 1 is 0.909 bits per heavy atom. The molecule has 0 N–H and O–H groups in total. The van der Waals surface area contributed by atoms with E-state index in [-0.39, 0.29) is 16.4 Å². The minimum absolute atomic E-state index is 0.0720. The maximum atomic E-state index is 13.1. The summed E-state index contributed by atoms with van der Waals surface area (Å²) in [6.07, 6.45) is 4.47. The van der Waals surface area contributed by atoms with Gasteiger partial charge in [0.05, 0.1) is 10.5 Å². The van der Waals surface area contributed by atoms with Crippen molar-refractivity contribution in [2.45, 2.75) is 56.4 Å². The Labute approximate surface area is 195 Å². The minimum atomic E-state index is -3.69. The molecule has 0 radical (unpaired) electrons. The number of aryl methyl sites for hydroxylation is 1. The van der Waals surface area contributed by atoms with Crippen LogP contribution in [0.4, 0.5) is 5.69 Å². The van der Waals surface area contributed by atoms with Crippen LogP contribution in [-0.4, -0.2) is 50.3 Å². The molecule has 2 aromatic rings. The quantitative estimate of drug-likeness (QED) is 0.621. The van der Waals surface area contributed by atoms with Gasteiger partial charge in [0.25, 0.3) is 5.91 Å². The van der Waals surface area contributed by atoms with E-state index in [9.17, 15) is 18.0 Å². The van der Waals surface area contributed by atoms with Crippen LogP contribution in [-0.2, 0) is 26.0 Å². The van der Waals surface area contributed by atoms with Crippen molar-refractivity contribution in [1.29, 1.82) is 0 Å². The van der Waals surface area contributed by atoms with Crippen LogP contribution in [0.2, 0.25) is 0 Å². The van der Waals surface area contributed by atoms with Gasteiger partial charge in [0.1, 0.15) is 0 Å². The highest BCUT2D eigenvalue weighted by atomic mass is 32.2. The molecule has 0 aliphatic carbocycles. The Balaban J connectivity index is 1.47. The first-order chi connectivity index (χ1) is 15.9. The molecule has 1 unspecified atom stereocenters. The highest BCUT2D eigenvalue weighted by molar-refractivity contribution is 7.89. The molecule has 1 amide bonds. The highest BCUT2D eigenvalue weighted by Gasteiger charge is 2.30. The third-order valence-electron chi connectivity index (χ3n) is 6.28. The number of benzene rings is 2. The topological polar surface area (TPSA) is 84.0 Å². The van der Waals surface area contributed by atoms with Crippen molar-refractivity contribution in [3.05, 3.63) is 59.7 Å². The lowest BCUT2D eigenvalue weighted by molar-refractivity contribution is -0.126. The molecule has 2 aliphatic heterocycles. The summed E-state index contributed by atoms with van der Waals surface area (Å²) >= 11 is 0. The molecule has 7 nitrogen and oxygen atoms in total. The molecule has 4 rings (SSSR count). The van der Waals surface area contributed by atoms with Crippen molar-refractivity contribution in [2.75, 3.05) is 24.5 Å². The molecule has 0 saturated carbocycles. The van der Waals surface area contributed by atoms with Crippen LogP contribution in [0.25, 0.3) is 0 Å². The average molecular weight is 471 g/mol. The summed E-state index contributed by atoms with van der Waals surface area (Å²) < 4.78 is 33.1. The van der Waals surface area contributed by atoms with Gasteiger partial charge in [0, 0.05) is 25.3 Å². The molecular formula is C25H30N2O5S. The Morgan fingerprint density at radius 3 is 2.39 bits per heavy atom. The van der Waals surface area contributed by atoms with Crippen LogP contribution in [0.15, 0.2) is 53.4 Å². The first-order valence-electron chi connectivity index (χ1n) is 11.6. The number of carbonyl (C=O) groups is 2. The third-order valence-corrected chi connectivity index (χ3v) is 8.18. The lowest BCUT2D eigenvalue weighted by Crippen LogP contribution is -2.42. The highest BCUT2D eigenvalue weighted by Crippen LogP contribution is 2.28. The number of para-hydroxylation sites is 1. The maximum absolute atomic E-state index is 13.1. The summed E-state index contributed by atoms with van der Waals surface area (Å²) in [4.78, 5) is 27.6. The van der Waals surface area contributed by atoms with Crippen molar-refractivity contribution >= 4 is 27.6 Å². The number of hydrogen-bond acceptors (Lipinski definition) is 5. The van der Waals surface area contributed by atoms with Crippen LogP contribution in [0, 0.1) is 0 Å². The standard InChI is InChI=1S/C25H30N2O5S/c1-19(24(28)27-17-9-12-20-10-4-5-14-23(20)27)32-25(29)21-11-8-13-22(18-21)33(30,31)26-15-6-2-3-7-16-26/h4-5,8,10-11,13-14,18-19H,2-3,6-7,9,12,15-17H2,1H3. The van der Waals surface area contributed by atoms with Gasteiger partial charge in [0.15, 0.2) is 6.10 Å². The van der Waals surface area contributed by atoms with E-state index in [1.54, 1.807) is 11.8 Å². The van der Waals surface area contributed by atoms with E-state index >= 15 is 0 Å². The molecule has 1 saturated heterocycles. The van der Waals surface area contributed by atoms with Crippen molar-refractivity contribution in [2.24, 2.45) is 0 Å². The second-order valence-corrected chi connectivity index (χ2v) is 10.6. The molecule has 8 heteroatoms. The second kappa shape index (κ2) is 10.1. The van der Waals surface area contributed by atoms with E-state index in [1.165, 1.54) is 28.6 Å². The molecule has 0 bridgehead atoms. The van der Waals surface area contributed by atoms with Crippen LogP contribution in [0.3, 0.4) is 0 Å². The number of anilines is 1. The molecule has 33 heavy (non-hydrogen) atoms.